The topological polar surface area (TPSA) is 34.4 Å². The first-order chi connectivity index (χ1) is 27.1. The van der Waals surface area contributed by atoms with Crippen LogP contribution in [0.2, 0.25) is 0 Å². The highest BCUT2D eigenvalue weighted by Crippen LogP contribution is 2.52. The number of aromatic nitrogens is 2. The fraction of sp³-hybridized carbons (Fsp3) is 0. The number of rotatable bonds is 3. The molecule has 0 saturated carbocycles. The minimum absolute atomic E-state index is 0.861. The number of nitrogens with zero attached hydrogens (tertiary/aromatic N) is 2. The Morgan fingerprint density at radius 2 is 1.04 bits per heavy atom. The van der Waals surface area contributed by atoms with Crippen LogP contribution in [0.1, 0.15) is 0 Å². The summed E-state index contributed by atoms with van der Waals surface area (Å²) >= 11 is 0. The Bertz CT molecular complexity index is 3410. The minimum Gasteiger partial charge on any atom is -0.309 e. The fourth-order valence-corrected chi connectivity index (χ4v) is 12.3. The molecule has 0 radical (unpaired) electrons. The minimum atomic E-state index is -3.01. The highest BCUT2D eigenvalue weighted by molar-refractivity contribution is 7.86. The Hall–Kier alpha value is -6.80. The van der Waals surface area contributed by atoms with Crippen molar-refractivity contribution >= 4 is 83.0 Å². The van der Waals surface area contributed by atoms with E-state index in [1.165, 1.54) is 43.4 Å². The van der Waals surface area contributed by atoms with Gasteiger partial charge < -0.3 is 4.57 Å². The van der Waals surface area contributed by atoms with Crippen LogP contribution in [-0.2, 0) is 4.57 Å². The van der Waals surface area contributed by atoms with Crippen LogP contribution in [0.4, 0.5) is 0 Å². The van der Waals surface area contributed by atoms with Crippen molar-refractivity contribution in [1.82, 2.24) is 9.38 Å². The smallest absolute Gasteiger partial charge is 0.172 e. The molecule has 55 heavy (non-hydrogen) atoms. The van der Waals surface area contributed by atoms with E-state index in [4.69, 9.17) is 4.98 Å². The first-order valence-corrected chi connectivity index (χ1v) is 20.4. The SMILES string of the molecule is O=P1(c2ccc(-c3ccc4c(c3)c3c5ccccc5ccc3c3nc5ccc(-c6cccc7ccccc67)cc5n43)cc2)c2ccccc2-c2ccccc21. The summed E-state index contributed by atoms with van der Waals surface area (Å²) in [4.78, 5) is 5.30. The maximum atomic E-state index is 15.1. The summed E-state index contributed by atoms with van der Waals surface area (Å²) < 4.78 is 17.5. The molecule has 0 N–H and O–H groups in total. The summed E-state index contributed by atoms with van der Waals surface area (Å²) in [7, 11) is -3.01. The zero-order chi connectivity index (χ0) is 36.3. The van der Waals surface area contributed by atoms with E-state index in [0.717, 1.165) is 65.8 Å². The Labute approximate surface area is 317 Å². The number of hydrogen-bond acceptors (Lipinski definition) is 2. The van der Waals surface area contributed by atoms with Crippen LogP contribution < -0.4 is 15.9 Å². The van der Waals surface area contributed by atoms with Crippen LogP contribution >= 0.6 is 7.14 Å². The predicted octanol–water partition coefficient (Wildman–Crippen LogP) is 12.1. The fourth-order valence-electron chi connectivity index (χ4n) is 9.23. The van der Waals surface area contributed by atoms with Crippen molar-refractivity contribution in [2.45, 2.75) is 0 Å². The lowest BCUT2D eigenvalue weighted by Gasteiger charge is -2.17. The molecule has 0 spiro atoms. The molecule has 0 amide bonds. The van der Waals surface area contributed by atoms with Gasteiger partial charge in [-0.15, -0.1) is 0 Å². The van der Waals surface area contributed by atoms with Gasteiger partial charge in [0.05, 0.1) is 16.6 Å². The molecule has 0 aliphatic carbocycles. The normalized spacial score (nSPS) is 13.3. The molecule has 11 aromatic rings. The molecular formula is C51H31N2OP. The van der Waals surface area contributed by atoms with Crippen molar-refractivity contribution < 1.29 is 4.57 Å². The lowest BCUT2D eigenvalue weighted by molar-refractivity contribution is 0.593. The molecule has 4 heteroatoms. The Balaban J connectivity index is 1.08. The van der Waals surface area contributed by atoms with Crippen molar-refractivity contribution in [3.8, 4) is 33.4 Å². The molecule has 3 nitrogen and oxygen atoms in total. The maximum absolute atomic E-state index is 15.1. The molecule has 1 aliphatic heterocycles. The monoisotopic (exact) mass is 718 g/mol. The van der Waals surface area contributed by atoms with Gasteiger partial charge in [0.2, 0.25) is 0 Å². The molecule has 0 atom stereocenters. The van der Waals surface area contributed by atoms with Gasteiger partial charge in [-0.1, -0.05) is 158 Å². The van der Waals surface area contributed by atoms with E-state index in [9.17, 15) is 0 Å². The number of benzene rings is 9. The molecule has 2 aromatic heterocycles. The lowest BCUT2D eigenvalue weighted by Crippen LogP contribution is -2.20. The highest BCUT2D eigenvalue weighted by atomic mass is 31.2. The Morgan fingerprint density at radius 1 is 0.418 bits per heavy atom. The van der Waals surface area contributed by atoms with Crippen LogP contribution in [0.3, 0.4) is 0 Å². The second kappa shape index (κ2) is 11.4. The second-order valence-corrected chi connectivity index (χ2v) is 17.3. The molecule has 0 bridgehead atoms. The van der Waals surface area contributed by atoms with E-state index < -0.39 is 7.14 Å². The standard InChI is InChI=1S/C51H31N2OP/c54-55(48-18-7-5-15-41(48)42-16-6-8-19-49(42)55)37-25-20-32(21-26-37)35-24-29-46-44(30-35)50-40-14-4-2-11-34(40)22-27-43(50)51-52-45-28-23-36(31-47(45)53(46)51)39-17-9-12-33-10-1-3-13-38(33)39/h1-31H. The highest BCUT2D eigenvalue weighted by Gasteiger charge is 2.39. The second-order valence-electron chi connectivity index (χ2n) is 14.6. The van der Waals surface area contributed by atoms with E-state index in [1.54, 1.807) is 0 Å². The molecule has 256 valence electrons. The van der Waals surface area contributed by atoms with Gasteiger partial charge in [0.15, 0.2) is 7.14 Å². The molecule has 3 heterocycles. The van der Waals surface area contributed by atoms with E-state index in [1.807, 2.05) is 36.4 Å². The van der Waals surface area contributed by atoms with Gasteiger partial charge in [0, 0.05) is 32.1 Å². The van der Waals surface area contributed by atoms with E-state index in [2.05, 4.69) is 156 Å². The van der Waals surface area contributed by atoms with E-state index in [-0.39, 0.29) is 0 Å². The number of fused-ring (bicyclic) bond motifs is 14. The van der Waals surface area contributed by atoms with Crippen molar-refractivity contribution in [2.24, 2.45) is 0 Å². The van der Waals surface area contributed by atoms with E-state index in [0.29, 0.717) is 0 Å². The van der Waals surface area contributed by atoms with Gasteiger partial charge in [-0.2, -0.15) is 0 Å². The first-order valence-electron chi connectivity index (χ1n) is 18.7. The number of imidazole rings is 1. The van der Waals surface area contributed by atoms with Crippen molar-refractivity contribution in [2.75, 3.05) is 0 Å². The zero-order valence-corrected chi connectivity index (χ0v) is 30.5. The van der Waals surface area contributed by atoms with Gasteiger partial charge in [-0.3, -0.25) is 4.40 Å². The molecule has 0 unspecified atom stereocenters. The van der Waals surface area contributed by atoms with Crippen LogP contribution in [0.5, 0.6) is 0 Å². The molecule has 0 saturated heterocycles. The van der Waals surface area contributed by atoms with Crippen LogP contribution in [-0.4, -0.2) is 9.38 Å². The van der Waals surface area contributed by atoms with Gasteiger partial charge in [0.25, 0.3) is 0 Å². The average Bonchev–Trinajstić information content (AvgIpc) is 3.77. The lowest BCUT2D eigenvalue weighted by atomic mass is 9.96. The van der Waals surface area contributed by atoms with Crippen molar-refractivity contribution in [3.05, 3.63) is 188 Å². The molecule has 1 aliphatic rings. The number of pyridine rings is 1. The third kappa shape index (κ3) is 4.27. The average molecular weight is 719 g/mol. The summed E-state index contributed by atoms with van der Waals surface area (Å²) in [6, 6.07) is 66.5. The van der Waals surface area contributed by atoms with Crippen molar-refractivity contribution in [3.63, 3.8) is 0 Å². The summed E-state index contributed by atoms with van der Waals surface area (Å²) in [6.45, 7) is 0. The predicted molar refractivity (Wildman–Crippen MR) is 232 cm³/mol. The third-order valence-corrected chi connectivity index (χ3v) is 14.9. The Kier molecular flexibility index (Phi) is 6.32. The van der Waals surface area contributed by atoms with Gasteiger partial charge in [0.1, 0.15) is 5.65 Å². The zero-order valence-electron chi connectivity index (χ0n) is 29.6. The molecule has 9 aromatic carbocycles. The van der Waals surface area contributed by atoms with Crippen molar-refractivity contribution in [1.29, 1.82) is 0 Å². The maximum Gasteiger partial charge on any atom is 0.172 e. The summed E-state index contributed by atoms with van der Waals surface area (Å²) in [5.74, 6) is 0. The van der Waals surface area contributed by atoms with Crippen LogP contribution in [0, 0.1) is 0 Å². The summed E-state index contributed by atoms with van der Waals surface area (Å²) in [5.41, 5.74) is 10.8. The van der Waals surface area contributed by atoms with Crippen LogP contribution in [0.25, 0.3) is 93.3 Å². The summed E-state index contributed by atoms with van der Waals surface area (Å²) in [5, 5.41) is 11.1. The summed E-state index contributed by atoms with van der Waals surface area (Å²) in [6.07, 6.45) is 0. The van der Waals surface area contributed by atoms with E-state index >= 15 is 4.57 Å². The number of hydrogen-bond donors (Lipinski definition) is 0. The first kappa shape index (κ1) is 30.6. The van der Waals surface area contributed by atoms with Crippen LogP contribution in [0.15, 0.2) is 188 Å². The molecule has 12 rings (SSSR count). The van der Waals surface area contributed by atoms with Gasteiger partial charge >= 0.3 is 0 Å². The van der Waals surface area contributed by atoms with Gasteiger partial charge in [-0.05, 0) is 85.3 Å². The Morgan fingerprint density at radius 3 is 1.82 bits per heavy atom. The quantitative estimate of drug-likeness (QED) is 0.135. The molecule has 0 fully saturated rings. The third-order valence-electron chi connectivity index (χ3n) is 11.8. The molecular weight excluding hydrogens is 688 g/mol. The van der Waals surface area contributed by atoms with Gasteiger partial charge in [-0.25, -0.2) is 4.98 Å². The largest absolute Gasteiger partial charge is 0.309 e.